The van der Waals surface area contributed by atoms with Gasteiger partial charge in [-0.2, -0.15) is 18.3 Å². The van der Waals surface area contributed by atoms with Crippen molar-refractivity contribution in [2.75, 3.05) is 14.2 Å². The average molecular weight is 446 g/mol. The SMILES string of the molecule is COC(=O)/C=C/c1ccc(OC(=O)c2cnn(-c3ccccc3)c2C(F)(F)F)c(OC)c1. The zero-order chi connectivity index (χ0) is 23.3. The highest BCUT2D eigenvalue weighted by molar-refractivity contribution is 5.93. The molecule has 0 bridgehead atoms. The summed E-state index contributed by atoms with van der Waals surface area (Å²) in [7, 11) is 2.53. The van der Waals surface area contributed by atoms with Gasteiger partial charge in [0.15, 0.2) is 17.2 Å². The summed E-state index contributed by atoms with van der Waals surface area (Å²) >= 11 is 0. The van der Waals surface area contributed by atoms with Gasteiger partial charge in [-0.3, -0.25) is 0 Å². The molecule has 0 atom stereocenters. The molecular formula is C22H17F3N2O5. The van der Waals surface area contributed by atoms with E-state index in [1.54, 1.807) is 18.2 Å². The van der Waals surface area contributed by atoms with E-state index in [4.69, 9.17) is 9.47 Å². The van der Waals surface area contributed by atoms with Crippen LogP contribution in [-0.4, -0.2) is 35.9 Å². The summed E-state index contributed by atoms with van der Waals surface area (Å²) in [4.78, 5) is 23.8. The fourth-order valence-corrected chi connectivity index (χ4v) is 2.79. The predicted molar refractivity (Wildman–Crippen MR) is 108 cm³/mol. The highest BCUT2D eigenvalue weighted by atomic mass is 19.4. The molecule has 32 heavy (non-hydrogen) atoms. The van der Waals surface area contributed by atoms with E-state index >= 15 is 0 Å². The third-order valence-electron chi connectivity index (χ3n) is 4.26. The zero-order valence-corrected chi connectivity index (χ0v) is 16.9. The lowest BCUT2D eigenvalue weighted by Gasteiger charge is -2.13. The normalized spacial score (nSPS) is 11.4. The van der Waals surface area contributed by atoms with Crippen LogP contribution < -0.4 is 9.47 Å². The van der Waals surface area contributed by atoms with E-state index in [0.29, 0.717) is 10.2 Å². The number of halogens is 3. The number of aromatic nitrogens is 2. The zero-order valence-electron chi connectivity index (χ0n) is 16.9. The van der Waals surface area contributed by atoms with Crippen LogP contribution in [0.4, 0.5) is 13.2 Å². The smallest absolute Gasteiger partial charge is 0.434 e. The minimum atomic E-state index is -4.87. The maximum Gasteiger partial charge on any atom is 0.434 e. The van der Waals surface area contributed by atoms with Crippen molar-refractivity contribution in [2.45, 2.75) is 6.18 Å². The molecule has 0 N–H and O–H groups in total. The number of carbonyl (C=O) groups excluding carboxylic acids is 2. The summed E-state index contributed by atoms with van der Waals surface area (Å²) in [5, 5.41) is 3.73. The van der Waals surface area contributed by atoms with Gasteiger partial charge in [0.25, 0.3) is 0 Å². The van der Waals surface area contributed by atoms with E-state index in [2.05, 4.69) is 9.84 Å². The van der Waals surface area contributed by atoms with Crippen molar-refractivity contribution < 1.29 is 37.0 Å². The predicted octanol–water partition coefficient (Wildman–Crippen LogP) is 4.31. The molecule has 0 fully saturated rings. The Morgan fingerprint density at radius 1 is 1.03 bits per heavy atom. The van der Waals surface area contributed by atoms with Crippen LogP contribution in [0.15, 0.2) is 60.8 Å². The molecule has 0 amide bonds. The number of esters is 2. The van der Waals surface area contributed by atoms with Gasteiger partial charge in [-0.25, -0.2) is 14.3 Å². The van der Waals surface area contributed by atoms with Gasteiger partial charge in [0.2, 0.25) is 0 Å². The topological polar surface area (TPSA) is 79.7 Å². The molecule has 7 nitrogen and oxygen atoms in total. The van der Waals surface area contributed by atoms with Crippen LogP contribution in [-0.2, 0) is 15.7 Å². The van der Waals surface area contributed by atoms with Gasteiger partial charge >= 0.3 is 18.1 Å². The van der Waals surface area contributed by atoms with E-state index < -0.39 is 29.4 Å². The van der Waals surface area contributed by atoms with Gasteiger partial charge in [0, 0.05) is 6.08 Å². The molecule has 0 aliphatic rings. The van der Waals surface area contributed by atoms with Gasteiger partial charge in [-0.1, -0.05) is 24.3 Å². The highest BCUT2D eigenvalue weighted by Crippen LogP contribution is 2.35. The van der Waals surface area contributed by atoms with Crippen molar-refractivity contribution in [1.29, 1.82) is 0 Å². The molecule has 2 aromatic carbocycles. The quantitative estimate of drug-likeness (QED) is 0.319. The molecule has 0 radical (unpaired) electrons. The van der Waals surface area contributed by atoms with Crippen LogP contribution in [0.1, 0.15) is 21.6 Å². The van der Waals surface area contributed by atoms with Crippen molar-refractivity contribution in [3.05, 3.63) is 77.6 Å². The molecule has 0 unspecified atom stereocenters. The third kappa shape index (κ3) is 4.97. The molecule has 3 aromatic rings. The van der Waals surface area contributed by atoms with Crippen LogP contribution in [0, 0.1) is 0 Å². The average Bonchev–Trinajstić information content (AvgIpc) is 3.25. The molecule has 0 aliphatic heterocycles. The lowest BCUT2D eigenvalue weighted by Crippen LogP contribution is -2.19. The van der Waals surface area contributed by atoms with Gasteiger partial charge in [0.1, 0.15) is 5.56 Å². The number of alkyl halides is 3. The van der Waals surface area contributed by atoms with Crippen molar-refractivity contribution in [3.63, 3.8) is 0 Å². The van der Waals surface area contributed by atoms with E-state index in [1.807, 2.05) is 0 Å². The number of benzene rings is 2. The number of nitrogens with zero attached hydrogens (tertiary/aromatic N) is 2. The van der Waals surface area contributed by atoms with Crippen molar-refractivity contribution in [2.24, 2.45) is 0 Å². The molecular weight excluding hydrogens is 429 g/mol. The number of carbonyl (C=O) groups is 2. The maximum atomic E-state index is 13.8. The number of methoxy groups -OCH3 is 2. The highest BCUT2D eigenvalue weighted by Gasteiger charge is 2.41. The first-order valence-electron chi connectivity index (χ1n) is 9.11. The first-order chi connectivity index (χ1) is 15.2. The second-order valence-corrected chi connectivity index (χ2v) is 6.31. The summed E-state index contributed by atoms with van der Waals surface area (Å²) in [5.74, 6) is -1.85. The summed E-state index contributed by atoms with van der Waals surface area (Å²) in [6.07, 6.45) is -1.45. The molecule has 0 saturated carbocycles. The monoisotopic (exact) mass is 446 g/mol. The van der Waals surface area contributed by atoms with Crippen LogP contribution in [0.2, 0.25) is 0 Å². The van der Waals surface area contributed by atoms with Gasteiger partial charge in [0.05, 0.1) is 26.1 Å². The number of ether oxygens (including phenoxy) is 3. The molecule has 1 heterocycles. The number of para-hydroxylation sites is 1. The molecule has 1 aromatic heterocycles. The lowest BCUT2D eigenvalue weighted by molar-refractivity contribution is -0.143. The van der Waals surface area contributed by atoms with Crippen LogP contribution >= 0.6 is 0 Å². The Morgan fingerprint density at radius 3 is 2.38 bits per heavy atom. The van der Waals surface area contributed by atoms with Gasteiger partial charge in [-0.05, 0) is 35.9 Å². The Bertz CT molecular complexity index is 1150. The van der Waals surface area contributed by atoms with Gasteiger partial charge in [-0.15, -0.1) is 0 Å². The van der Waals surface area contributed by atoms with E-state index in [1.165, 1.54) is 56.7 Å². The Hall–Kier alpha value is -4.08. The standard InChI is InChI=1S/C22H17F3N2O5/c1-30-18-12-14(9-11-19(28)31-2)8-10-17(18)32-21(29)16-13-26-27(20(16)22(23,24)25)15-6-4-3-5-7-15/h3-13H,1-2H3/b11-9+. The van der Waals surface area contributed by atoms with E-state index in [9.17, 15) is 22.8 Å². The second-order valence-electron chi connectivity index (χ2n) is 6.31. The van der Waals surface area contributed by atoms with Crippen LogP contribution in [0.25, 0.3) is 11.8 Å². The third-order valence-corrected chi connectivity index (χ3v) is 4.26. The second kappa shape index (κ2) is 9.38. The number of hydrogen-bond acceptors (Lipinski definition) is 6. The number of rotatable bonds is 6. The van der Waals surface area contributed by atoms with Crippen molar-refractivity contribution >= 4 is 18.0 Å². The Labute approximate surface area is 180 Å². The molecule has 0 aliphatic carbocycles. The summed E-state index contributed by atoms with van der Waals surface area (Å²) in [6, 6.07) is 11.9. The molecule has 3 rings (SSSR count). The Morgan fingerprint density at radius 2 is 1.75 bits per heavy atom. The molecule has 10 heteroatoms. The first-order valence-corrected chi connectivity index (χ1v) is 9.11. The van der Waals surface area contributed by atoms with Crippen LogP contribution in [0.3, 0.4) is 0 Å². The fourth-order valence-electron chi connectivity index (χ4n) is 2.79. The summed E-state index contributed by atoms with van der Waals surface area (Å²) in [6.45, 7) is 0. The number of hydrogen-bond donors (Lipinski definition) is 0. The summed E-state index contributed by atoms with van der Waals surface area (Å²) < 4.78 is 56.8. The molecule has 0 saturated heterocycles. The van der Waals surface area contributed by atoms with Crippen molar-refractivity contribution in [1.82, 2.24) is 9.78 Å². The Kier molecular flexibility index (Phi) is 6.62. The maximum absolute atomic E-state index is 13.8. The molecule has 166 valence electrons. The van der Waals surface area contributed by atoms with Crippen LogP contribution in [0.5, 0.6) is 11.5 Å². The van der Waals surface area contributed by atoms with E-state index in [-0.39, 0.29) is 17.2 Å². The largest absolute Gasteiger partial charge is 0.493 e. The van der Waals surface area contributed by atoms with Crippen molar-refractivity contribution in [3.8, 4) is 17.2 Å². The Balaban J connectivity index is 1.93. The summed E-state index contributed by atoms with van der Waals surface area (Å²) in [5.41, 5.74) is -1.36. The fraction of sp³-hybridized carbons (Fsp3) is 0.136. The lowest BCUT2D eigenvalue weighted by atomic mass is 10.2. The first kappa shape index (κ1) is 22.6. The molecule has 0 spiro atoms. The minimum absolute atomic E-state index is 0.0781. The minimum Gasteiger partial charge on any atom is -0.493 e. The van der Waals surface area contributed by atoms with E-state index in [0.717, 1.165) is 6.20 Å². The van der Waals surface area contributed by atoms with Gasteiger partial charge < -0.3 is 14.2 Å².